The molecule has 0 aliphatic heterocycles. The van der Waals surface area contributed by atoms with E-state index >= 15 is 0 Å². The molecular formula is C16H22FNO4. The van der Waals surface area contributed by atoms with Crippen molar-refractivity contribution in [1.29, 1.82) is 0 Å². The van der Waals surface area contributed by atoms with Crippen molar-refractivity contribution in [3.63, 3.8) is 0 Å². The second-order valence-electron chi connectivity index (χ2n) is 5.23. The number of carbonyl (C=O) groups excluding carboxylic acids is 1. The molecule has 0 saturated carbocycles. The molecule has 0 fully saturated rings. The number of ketones is 1. The molecule has 0 amide bonds. The topological polar surface area (TPSA) is 89.6 Å². The molecule has 22 heavy (non-hydrogen) atoms. The molecule has 2 atom stereocenters. The predicted octanol–water partition coefficient (Wildman–Crippen LogP) is 1.97. The zero-order valence-corrected chi connectivity index (χ0v) is 12.6. The van der Waals surface area contributed by atoms with Crippen LogP contribution in [-0.4, -0.2) is 36.2 Å². The number of carbonyl (C=O) groups is 2. The van der Waals surface area contributed by atoms with Gasteiger partial charge in [0, 0.05) is 6.42 Å². The molecule has 0 aliphatic carbocycles. The van der Waals surface area contributed by atoms with Crippen LogP contribution < -0.4 is 10.5 Å². The van der Waals surface area contributed by atoms with E-state index < -0.39 is 24.6 Å². The number of hydrogen-bond acceptors (Lipinski definition) is 4. The summed E-state index contributed by atoms with van der Waals surface area (Å²) < 4.78 is 17.3. The standard InChI is InChI=1S/C16H22FNO4/c1-11(19)15(18)10-13(16(20)21)9-12-3-5-14(6-4-12)22-8-2-7-17/h3-6,13,15H,2,7-10,18H2,1H3,(H,20,21)/t13-,15-/m1/s1. The quantitative estimate of drug-likeness (QED) is 0.645. The summed E-state index contributed by atoms with van der Waals surface area (Å²) in [4.78, 5) is 22.4. The van der Waals surface area contributed by atoms with Crippen molar-refractivity contribution >= 4 is 11.8 Å². The van der Waals surface area contributed by atoms with Gasteiger partial charge in [0.15, 0.2) is 0 Å². The van der Waals surface area contributed by atoms with Crippen molar-refractivity contribution < 1.29 is 23.8 Å². The second-order valence-corrected chi connectivity index (χ2v) is 5.23. The Bertz CT molecular complexity index is 489. The van der Waals surface area contributed by atoms with Gasteiger partial charge in [0.1, 0.15) is 11.5 Å². The van der Waals surface area contributed by atoms with E-state index in [0.717, 1.165) is 5.56 Å². The highest BCUT2D eigenvalue weighted by Crippen LogP contribution is 2.18. The fraction of sp³-hybridized carbons (Fsp3) is 0.500. The van der Waals surface area contributed by atoms with Crippen LogP contribution in [0.15, 0.2) is 24.3 Å². The fourth-order valence-electron chi connectivity index (χ4n) is 1.99. The van der Waals surface area contributed by atoms with Crippen molar-refractivity contribution in [1.82, 2.24) is 0 Å². The molecule has 122 valence electrons. The highest BCUT2D eigenvalue weighted by Gasteiger charge is 2.23. The Kier molecular flexibility index (Phi) is 7.52. The molecule has 6 heteroatoms. The van der Waals surface area contributed by atoms with Crippen molar-refractivity contribution in [3.8, 4) is 5.75 Å². The minimum Gasteiger partial charge on any atom is -0.494 e. The highest BCUT2D eigenvalue weighted by molar-refractivity contribution is 5.82. The first kappa shape index (κ1) is 18.1. The third-order valence-corrected chi connectivity index (χ3v) is 3.36. The van der Waals surface area contributed by atoms with Crippen LogP contribution in [0.2, 0.25) is 0 Å². The second kappa shape index (κ2) is 9.15. The van der Waals surface area contributed by atoms with Gasteiger partial charge in [-0.05, 0) is 37.5 Å². The van der Waals surface area contributed by atoms with Crippen molar-refractivity contribution in [2.24, 2.45) is 11.7 Å². The number of alkyl halides is 1. The number of ether oxygens (including phenoxy) is 1. The molecule has 0 saturated heterocycles. The van der Waals surface area contributed by atoms with Gasteiger partial charge in [0.05, 0.1) is 25.2 Å². The zero-order chi connectivity index (χ0) is 16.5. The maximum atomic E-state index is 12.0. The lowest BCUT2D eigenvalue weighted by atomic mass is 9.92. The monoisotopic (exact) mass is 311 g/mol. The van der Waals surface area contributed by atoms with Gasteiger partial charge < -0.3 is 15.6 Å². The van der Waals surface area contributed by atoms with Crippen molar-refractivity contribution in [3.05, 3.63) is 29.8 Å². The maximum absolute atomic E-state index is 12.0. The van der Waals surface area contributed by atoms with Gasteiger partial charge in [-0.3, -0.25) is 14.0 Å². The first-order valence-electron chi connectivity index (χ1n) is 7.20. The average molecular weight is 311 g/mol. The minimum atomic E-state index is -0.972. The van der Waals surface area contributed by atoms with Crippen LogP contribution in [0.1, 0.15) is 25.3 Å². The van der Waals surface area contributed by atoms with Crippen LogP contribution in [0, 0.1) is 5.92 Å². The number of aliphatic carboxylic acids is 1. The van der Waals surface area contributed by atoms with Crippen LogP contribution in [-0.2, 0) is 16.0 Å². The average Bonchev–Trinajstić information content (AvgIpc) is 2.48. The van der Waals surface area contributed by atoms with Gasteiger partial charge in [-0.1, -0.05) is 12.1 Å². The number of carboxylic acids is 1. The number of Topliss-reactive ketones (excluding diaryl/α,β-unsaturated/α-hetero) is 1. The SMILES string of the molecule is CC(=O)[C@H](N)C[C@@H](Cc1ccc(OCCCF)cc1)C(=O)O. The zero-order valence-electron chi connectivity index (χ0n) is 12.6. The van der Waals surface area contributed by atoms with E-state index in [-0.39, 0.29) is 12.2 Å². The predicted molar refractivity (Wildman–Crippen MR) is 80.6 cm³/mol. The summed E-state index contributed by atoms with van der Waals surface area (Å²) in [6.07, 6.45) is 0.742. The van der Waals surface area contributed by atoms with Gasteiger partial charge in [-0.2, -0.15) is 0 Å². The Morgan fingerprint density at radius 1 is 1.32 bits per heavy atom. The van der Waals surface area contributed by atoms with Crippen LogP contribution in [0.25, 0.3) is 0 Å². The van der Waals surface area contributed by atoms with Gasteiger partial charge in [-0.15, -0.1) is 0 Å². The molecule has 0 spiro atoms. The van der Waals surface area contributed by atoms with E-state index in [2.05, 4.69) is 0 Å². The number of carboxylic acid groups (broad SMARTS) is 1. The molecular weight excluding hydrogens is 289 g/mol. The molecule has 0 heterocycles. The molecule has 0 unspecified atom stereocenters. The Balaban J connectivity index is 2.62. The Morgan fingerprint density at radius 2 is 1.95 bits per heavy atom. The largest absolute Gasteiger partial charge is 0.494 e. The first-order valence-corrected chi connectivity index (χ1v) is 7.20. The third kappa shape index (κ3) is 6.22. The third-order valence-electron chi connectivity index (χ3n) is 3.36. The Hall–Kier alpha value is -1.95. The summed E-state index contributed by atoms with van der Waals surface area (Å²) in [5.41, 5.74) is 6.46. The molecule has 5 nitrogen and oxygen atoms in total. The molecule has 3 N–H and O–H groups in total. The molecule has 0 radical (unpaired) electrons. The number of halogens is 1. The summed E-state index contributed by atoms with van der Waals surface area (Å²) in [6.45, 7) is 1.24. The van der Waals surface area contributed by atoms with Crippen molar-refractivity contribution in [2.45, 2.75) is 32.2 Å². The maximum Gasteiger partial charge on any atom is 0.306 e. The summed E-state index contributed by atoms with van der Waals surface area (Å²) in [7, 11) is 0. The Labute approximate surface area is 129 Å². The smallest absolute Gasteiger partial charge is 0.306 e. The van der Waals surface area contributed by atoms with E-state index in [9.17, 15) is 19.1 Å². The lowest BCUT2D eigenvalue weighted by Crippen LogP contribution is -2.33. The number of benzene rings is 1. The number of nitrogens with two attached hydrogens (primary N) is 1. The molecule has 0 bridgehead atoms. The van der Waals surface area contributed by atoms with Crippen LogP contribution >= 0.6 is 0 Å². The molecule has 1 aromatic rings. The lowest BCUT2D eigenvalue weighted by Gasteiger charge is -2.16. The van der Waals surface area contributed by atoms with Crippen LogP contribution in [0.3, 0.4) is 0 Å². The van der Waals surface area contributed by atoms with E-state index in [4.69, 9.17) is 10.5 Å². The highest BCUT2D eigenvalue weighted by atomic mass is 19.1. The fourth-order valence-corrected chi connectivity index (χ4v) is 1.99. The summed E-state index contributed by atoms with van der Waals surface area (Å²) in [6, 6.07) is 6.21. The van der Waals surface area contributed by atoms with Gasteiger partial charge in [-0.25, -0.2) is 0 Å². The van der Waals surface area contributed by atoms with Crippen molar-refractivity contribution in [2.75, 3.05) is 13.3 Å². The van der Waals surface area contributed by atoms with Crippen LogP contribution in [0.5, 0.6) is 5.75 Å². The van der Waals surface area contributed by atoms with Gasteiger partial charge in [0.25, 0.3) is 0 Å². The molecule has 1 aromatic carbocycles. The van der Waals surface area contributed by atoms with E-state index in [1.807, 2.05) is 0 Å². The van der Waals surface area contributed by atoms with E-state index in [1.165, 1.54) is 6.92 Å². The minimum absolute atomic E-state index is 0.111. The number of hydrogen-bond donors (Lipinski definition) is 2. The van der Waals surface area contributed by atoms with Crippen LogP contribution in [0.4, 0.5) is 4.39 Å². The molecule has 1 rings (SSSR count). The van der Waals surface area contributed by atoms with Gasteiger partial charge in [0.2, 0.25) is 0 Å². The Morgan fingerprint density at radius 3 is 2.45 bits per heavy atom. The molecule has 0 aromatic heterocycles. The normalized spacial score (nSPS) is 13.4. The van der Waals surface area contributed by atoms with E-state index in [0.29, 0.717) is 25.2 Å². The first-order chi connectivity index (χ1) is 10.4. The molecule has 0 aliphatic rings. The number of rotatable bonds is 10. The van der Waals surface area contributed by atoms with E-state index in [1.54, 1.807) is 24.3 Å². The summed E-state index contributed by atoms with van der Waals surface area (Å²) in [5, 5.41) is 9.24. The summed E-state index contributed by atoms with van der Waals surface area (Å²) >= 11 is 0. The van der Waals surface area contributed by atoms with Gasteiger partial charge >= 0.3 is 5.97 Å². The summed E-state index contributed by atoms with van der Waals surface area (Å²) in [5.74, 6) is -1.29. The lowest BCUT2D eigenvalue weighted by molar-refractivity contribution is -0.142.